The van der Waals surface area contributed by atoms with Crippen LogP contribution in [0.2, 0.25) is 0 Å². The summed E-state index contributed by atoms with van der Waals surface area (Å²) >= 11 is 1.58. The Morgan fingerprint density at radius 3 is 2.54 bits per heavy atom. The molecular formula is C20H19FN2O2S. The van der Waals surface area contributed by atoms with Gasteiger partial charge in [-0.25, -0.2) is 4.39 Å². The van der Waals surface area contributed by atoms with E-state index in [1.54, 1.807) is 47.0 Å². The van der Waals surface area contributed by atoms with Crippen molar-refractivity contribution in [2.75, 3.05) is 36.8 Å². The zero-order valence-electron chi connectivity index (χ0n) is 14.3. The monoisotopic (exact) mass is 370 g/mol. The van der Waals surface area contributed by atoms with E-state index in [9.17, 15) is 14.0 Å². The summed E-state index contributed by atoms with van der Waals surface area (Å²) in [6.07, 6.45) is 0.524. The van der Waals surface area contributed by atoms with Gasteiger partial charge in [-0.15, -0.1) is 11.8 Å². The van der Waals surface area contributed by atoms with Crippen LogP contribution < -0.4 is 4.90 Å². The molecule has 0 atom stereocenters. The number of hydrogen-bond donors (Lipinski definition) is 0. The van der Waals surface area contributed by atoms with Gasteiger partial charge in [0.2, 0.25) is 0 Å². The van der Waals surface area contributed by atoms with E-state index in [0.29, 0.717) is 49.4 Å². The van der Waals surface area contributed by atoms with E-state index in [2.05, 4.69) is 0 Å². The lowest BCUT2D eigenvalue weighted by atomic mass is 10.0. The molecule has 2 heterocycles. The molecule has 0 aromatic heterocycles. The van der Waals surface area contributed by atoms with Crippen LogP contribution in [0.15, 0.2) is 47.4 Å². The van der Waals surface area contributed by atoms with Crippen LogP contribution in [0.1, 0.15) is 27.1 Å². The molecule has 1 saturated heterocycles. The molecule has 0 bridgehead atoms. The Bertz CT molecular complexity index is 863. The van der Waals surface area contributed by atoms with Gasteiger partial charge in [-0.1, -0.05) is 24.3 Å². The molecule has 1 fully saturated rings. The van der Waals surface area contributed by atoms with Crippen LogP contribution in [-0.2, 0) is 0 Å². The number of Topliss-reactive ketones (excluding diaryl/α,β-unsaturated/α-hetero) is 1. The summed E-state index contributed by atoms with van der Waals surface area (Å²) in [5, 5.41) is 0. The molecule has 0 radical (unpaired) electrons. The topological polar surface area (TPSA) is 40.6 Å². The highest BCUT2D eigenvalue weighted by molar-refractivity contribution is 7.99. The minimum absolute atomic E-state index is 0.0442. The fourth-order valence-corrected chi connectivity index (χ4v) is 4.63. The highest BCUT2D eigenvalue weighted by Crippen LogP contribution is 2.34. The number of ketones is 1. The molecule has 0 N–H and O–H groups in total. The average Bonchev–Trinajstić information content (AvgIpc) is 2.68. The van der Waals surface area contributed by atoms with Gasteiger partial charge in [0.15, 0.2) is 5.78 Å². The Morgan fingerprint density at radius 1 is 1.00 bits per heavy atom. The van der Waals surface area contributed by atoms with Gasteiger partial charge in [-0.05, 0) is 18.2 Å². The van der Waals surface area contributed by atoms with Crippen molar-refractivity contribution in [1.82, 2.24) is 4.90 Å². The SMILES string of the molecule is O=C1CCSc2c1cccc2C(=O)N1CCN(c2ccccc2F)CC1. The fraction of sp³-hybridized carbons (Fsp3) is 0.300. The summed E-state index contributed by atoms with van der Waals surface area (Å²) in [5.74, 6) is 0.548. The highest BCUT2D eigenvalue weighted by Gasteiger charge is 2.28. The maximum absolute atomic E-state index is 14.0. The second kappa shape index (κ2) is 7.11. The molecule has 2 aromatic carbocycles. The number of amides is 1. The molecule has 4 rings (SSSR count). The van der Waals surface area contributed by atoms with Crippen LogP contribution in [-0.4, -0.2) is 48.5 Å². The quantitative estimate of drug-likeness (QED) is 0.812. The first-order chi connectivity index (χ1) is 12.6. The number of carbonyl (C=O) groups excluding carboxylic acids is 2. The van der Waals surface area contributed by atoms with Crippen LogP contribution >= 0.6 is 11.8 Å². The Balaban J connectivity index is 1.50. The number of halogens is 1. The molecule has 0 saturated carbocycles. The van der Waals surface area contributed by atoms with Crippen molar-refractivity contribution in [3.63, 3.8) is 0 Å². The van der Waals surface area contributed by atoms with Crippen LogP contribution in [0.5, 0.6) is 0 Å². The number of hydrogen-bond acceptors (Lipinski definition) is 4. The standard InChI is InChI=1S/C20H19FN2O2S/c21-16-6-1-2-7-17(16)22-9-11-23(12-10-22)20(25)15-5-3-4-14-18(24)8-13-26-19(14)15/h1-7H,8-13H2. The van der Waals surface area contributed by atoms with Crippen molar-refractivity contribution < 1.29 is 14.0 Å². The smallest absolute Gasteiger partial charge is 0.255 e. The third kappa shape index (κ3) is 3.09. The van der Waals surface area contributed by atoms with E-state index in [0.717, 1.165) is 10.6 Å². The van der Waals surface area contributed by atoms with Crippen LogP contribution in [0.25, 0.3) is 0 Å². The van der Waals surface area contributed by atoms with Crippen LogP contribution in [0, 0.1) is 5.82 Å². The van der Waals surface area contributed by atoms with Gasteiger partial charge in [0.05, 0.1) is 11.3 Å². The number of thioether (sulfide) groups is 1. The molecular weight excluding hydrogens is 351 g/mol. The number of piperazine rings is 1. The van der Waals surface area contributed by atoms with Gasteiger partial charge in [0.1, 0.15) is 5.82 Å². The van der Waals surface area contributed by atoms with Crippen molar-refractivity contribution in [3.05, 3.63) is 59.4 Å². The molecule has 2 aliphatic heterocycles. The zero-order chi connectivity index (χ0) is 18.1. The molecule has 26 heavy (non-hydrogen) atoms. The third-order valence-corrected chi connectivity index (χ3v) is 6.02. The Hall–Kier alpha value is -2.34. The van der Waals surface area contributed by atoms with Crippen molar-refractivity contribution >= 4 is 29.1 Å². The number of para-hydroxylation sites is 1. The van der Waals surface area contributed by atoms with Crippen molar-refractivity contribution in [2.45, 2.75) is 11.3 Å². The fourth-order valence-electron chi connectivity index (χ4n) is 3.49. The minimum atomic E-state index is -0.237. The Labute approximate surface area is 156 Å². The van der Waals surface area contributed by atoms with Crippen molar-refractivity contribution in [2.24, 2.45) is 0 Å². The Morgan fingerprint density at radius 2 is 1.77 bits per heavy atom. The van der Waals surface area contributed by atoms with Gasteiger partial charge in [0.25, 0.3) is 5.91 Å². The molecule has 0 unspecified atom stereocenters. The van der Waals surface area contributed by atoms with E-state index in [1.165, 1.54) is 6.07 Å². The first-order valence-corrected chi connectivity index (χ1v) is 9.71. The van der Waals surface area contributed by atoms with E-state index in [4.69, 9.17) is 0 Å². The van der Waals surface area contributed by atoms with Gasteiger partial charge >= 0.3 is 0 Å². The largest absolute Gasteiger partial charge is 0.366 e. The first kappa shape index (κ1) is 17.1. The minimum Gasteiger partial charge on any atom is -0.366 e. The first-order valence-electron chi connectivity index (χ1n) is 8.73. The van der Waals surface area contributed by atoms with E-state index >= 15 is 0 Å². The molecule has 0 spiro atoms. The summed E-state index contributed by atoms with van der Waals surface area (Å²) in [6, 6.07) is 12.1. The number of rotatable bonds is 2. The highest BCUT2D eigenvalue weighted by atomic mass is 32.2. The van der Waals surface area contributed by atoms with E-state index < -0.39 is 0 Å². The normalized spacial score (nSPS) is 17.2. The summed E-state index contributed by atoms with van der Waals surface area (Å²) in [7, 11) is 0. The van der Waals surface area contributed by atoms with Gasteiger partial charge in [-0.2, -0.15) is 0 Å². The van der Waals surface area contributed by atoms with Crippen LogP contribution in [0.3, 0.4) is 0 Å². The summed E-state index contributed by atoms with van der Waals surface area (Å²) in [4.78, 5) is 29.7. The molecule has 0 aliphatic carbocycles. The Kier molecular flexibility index (Phi) is 4.68. The third-order valence-electron chi connectivity index (χ3n) is 4.88. The maximum atomic E-state index is 14.0. The number of anilines is 1. The lowest BCUT2D eigenvalue weighted by molar-refractivity contribution is 0.0743. The van der Waals surface area contributed by atoms with Gasteiger partial charge in [-0.3, -0.25) is 9.59 Å². The number of benzene rings is 2. The van der Waals surface area contributed by atoms with Gasteiger partial charge < -0.3 is 9.80 Å². The summed E-state index contributed by atoms with van der Waals surface area (Å²) < 4.78 is 14.0. The number of nitrogens with zero attached hydrogens (tertiary/aromatic N) is 2. The number of fused-ring (bicyclic) bond motifs is 1. The lowest BCUT2D eigenvalue weighted by Crippen LogP contribution is -2.49. The molecule has 2 aromatic rings. The van der Waals surface area contributed by atoms with E-state index in [-0.39, 0.29) is 17.5 Å². The molecule has 134 valence electrons. The summed E-state index contributed by atoms with van der Waals surface area (Å²) in [5.41, 5.74) is 1.86. The summed E-state index contributed by atoms with van der Waals surface area (Å²) in [6.45, 7) is 2.26. The predicted molar refractivity (Wildman–Crippen MR) is 101 cm³/mol. The number of carbonyl (C=O) groups is 2. The second-order valence-electron chi connectivity index (χ2n) is 6.43. The average molecular weight is 370 g/mol. The molecule has 4 nitrogen and oxygen atoms in total. The van der Waals surface area contributed by atoms with Gasteiger partial charge in [0, 0.05) is 48.8 Å². The van der Waals surface area contributed by atoms with Crippen LogP contribution in [0.4, 0.5) is 10.1 Å². The lowest BCUT2D eigenvalue weighted by Gasteiger charge is -2.36. The predicted octanol–water partition coefficient (Wildman–Crippen LogP) is 3.47. The van der Waals surface area contributed by atoms with E-state index in [1.807, 2.05) is 11.0 Å². The maximum Gasteiger partial charge on any atom is 0.255 e. The van der Waals surface area contributed by atoms with Crippen molar-refractivity contribution in [1.29, 1.82) is 0 Å². The molecule has 1 amide bonds. The molecule has 2 aliphatic rings. The van der Waals surface area contributed by atoms with Crippen molar-refractivity contribution in [3.8, 4) is 0 Å². The second-order valence-corrected chi connectivity index (χ2v) is 7.54. The zero-order valence-corrected chi connectivity index (χ0v) is 15.1. The molecule has 6 heteroatoms.